The van der Waals surface area contributed by atoms with E-state index < -0.39 is 5.82 Å². The number of rotatable bonds is 3. The van der Waals surface area contributed by atoms with Crippen molar-refractivity contribution in [2.45, 2.75) is 0 Å². The van der Waals surface area contributed by atoms with Crippen molar-refractivity contribution in [1.82, 2.24) is 4.98 Å². The van der Waals surface area contributed by atoms with Crippen molar-refractivity contribution in [3.63, 3.8) is 0 Å². The van der Waals surface area contributed by atoms with E-state index in [1.165, 1.54) is 17.8 Å². The Morgan fingerprint density at radius 1 is 1.48 bits per heavy atom. The highest BCUT2D eigenvalue weighted by Crippen LogP contribution is 2.36. The molecule has 1 aromatic carbocycles. The van der Waals surface area contributed by atoms with Crippen LogP contribution >= 0.6 is 27.7 Å². The Morgan fingerprint density at radius 2 is 2.30 bits per heavy atom. The molecule has 0 spiro atoms. The summed E-state index contributed by atoms with van der Waals surface area (Å²) in [6, 6.07) is 3.25. The van der Waals surface area contributed by atoms with Crippen molar-refractivity contribution < 1.29 is 9.13 Å². The Bertz CT molecular complexity index is 920. The SMILES string of the molecule is CSC(=N)C1=C=CC(Oc2c(F)cc3[nH]ccc3c2Br)=CC=C1. The lowest BCUT2D eigenvalue weighted by Gasteiger charge is -2.09. The van der Waals surface area contributed by atoms with Crippen molar-refractivity contribution in [1.29, 1.82) is 5.41 Å². The van der Waals surface area contributed by atoms with Crippen LogP contribution in [-0.4, -0.2) is 16.3 Å². The second kappa shape index (κ2) is 6.62. The van der Waals surface area contributed by atoms with Crippen molar-refractivity contribution in [2.75, 3.05) is 6.26 Å². The summed E-state index contributed by atoms with van der Waals surface area (Å²) in [5, 5.41) is 9.07. The fraction of sp³-hybridized carbons (Fsp3) is 0.0588. The molecule has 0 radical (unpaired) electrons. The van der Waals surface area contributed by atoms with Crippen molar-refractivity contribution >= 4 is 43.6 Å². The molecule has 1 heterocycles. The standard InChI is InChI=1S/C17H12BrFN2OS/c1-23-17(20)10-3-2-4-11(6-5-10)22-16-13(19)9-14-12(15(16)18)7-8-21-14/h2-4,6-9,20-21H,1H3. The lowest BCUT2D eigenvalue weighted by atomic mass is 10.2. The highest BCUT2D eigenvalue weighted by Gasteiger charge is 2.15. The number of benzene rings is 1. The molecule has 3 rings (SSSR count). The van der Waals surface area contributed by atoms with E-state index in [9.17, 15) is 4.39 Å². The number of ether oxygens (including phenoxy) is 1. The maximum absolute atomic E-state index is 14.3. The molecular formula is C17H12BrFN2OS. The minimum absolute atomic E-state index is 0.123. The molecule has 23 heavy (non-hydrogen) atoms. The smallest absolute Gasteiger partial charge is 0.178 e. The summed E-state index contributed by atoms with van der Waals surface area (Å²) in [4.78, 5) is 2.97. The molecular weight excluding hydrogens is 379 g/mol. The van der Waals surface area contributed by atoms with Crippen LogP contribution < -0.4 is 4.74 Å². The van der Waals surface area contributed by atoms with Crippen LogP contribution in [-0.2, 0) is 0 Å². The predicted molar refractivity (Wildman–Crippen MR) is 96.6 cm³/mol. The van der Waals surface area contributed by atoms with E-state index >= 15 is 0 Å². The number of hydrogen-bond acceptors (Lipinski definition) is 3. The third-order valence-electron chi connectivity index (χ3n) is 3.26. The molecule has 0 fully saturated rings. The van der Waals surface area contributed by atoms with Gasteiger partial charge in [-0.25, -0.2) is 4.39 Å². The Labute approximate surface area is 145 Å². The first-order chi connectivity index (χ1) is 11.1. The van der Waals surface area contributed by atoms with Gasteiger partial charge in [-0.05, 0) is 40.4 Å². The van der Waals surface area contributed by atoms with Crippen LogP contribution in [0.3, 0.4) is 0 Å². The van der Waals surface area contributed by atoms with E-state index in [1.807, 2.05) is 12.3 Å². The van der Waals surface area contributed by atoms with E-state index in [0.29, 0.717) is 26.4 Å². The molecule has 6 heteroatoms. The Hall–Kier alpha value is -2.01. The zero-order valence-electron chi connectivity index (χ0n) is 12.1. The second-order valence-electron chi connectivity index (χ2n) is 4.71. The van der Waals surface area contributed by atoms with Gasteiger partial charge in [-0.15, -0.1) is 17.5 Å². The summed E-state index contributed by atoms with van der Waals surface area (Å²) in [5.74, 6) is 0.105. The van der Waals surface area contributed by atoms with Gasteiger partial charge in [0.1, 0.15) is 10.8 Å². The first kappa shape index (κ1) is 15.9. The molecule has 2 aromatic rings. The molecule has 0 bridgehead atoms. The topological polar surface area (TPSA) is 48.9 Å². The zero-order valence-corrected chi connectivity index (χ0v) is 14.5. The van der Waals surface area contributed by atoms with Crippen molar-refractivity contribution in [3.05, 3.63) is 70.0 Å². The molecule has 0 saturated carbocycles. The van der Waals surface area contributed by atoms with E-state index in [1.54, 1.807) is 30.5 Å². The minimum Gasteiger partial charge on any atom is -0.452 e. The van der Waals surface area contributed by atoms with E-state index in [0.717, 1.165) is 5.39 Å². The van der Waals surface area contributed by atoms with Crippen molar-refractivity contribution in [3.8, 4) is 5.75 Å². The number of aromatic amines is 1. The maximum Gasteiger partial charge on any atom is 0.178 e. The second-order valence-corrected chi connectivity index (χ2v) is 6.32. The van der Waals surface area contributed by atoms with Gasteiger partial charge in [-0.1, -0.05) is 6.08 Å². The molecule has 0 amide bonds. The first-order valence-corrected chi connectivity index (χ1v) is 8.73. The number of allylic oxidation sites excluding steroid dienone is 4. The fourth-order valence-electron chi connectivity index (χ4n) is 2.12. The van der Waals surface area contributed by atoms with Crippen molar-refractivity contribution in [2.24, 2.45) is 0 Å². The summed E-state index contributed by atoms with van der Waals surface area (Å²) in [7, 11) is 0. The summed E-state index contributed by atoms with van der Waals surface area (Å²) >= 11 is 4.73. The zero-order chi connectivity index (χ0) is 16.4. The average molecular weight is 391 g/mol. The predicted octanol–water partition coefficient (Wildman–Crippen LogP) is 5.32. The molecule has 0 saturated heterocycles. The third kappa shape index (κ3) is 3.20. The van der Waals surface area contributed by atoms with Crippen LogP contribution in [0.25, 0.3) is 10.9 Å². The van der Waals surface area contributed by atoms with Gasteiger partial charge in [0, 0.05) is 34.8 Å². The van der Waals surface area contributed by atoms with Crippen LogP contribution in [0, 0.1) is 11.2 Å². The summed E-state index contributed by atoms with van der Waals surface area (Å²) in [5.41, 5.74) is 4.35. The number of nitrogens with one attached hydrogen (secondary N) is 2. The van der Waals surface area contributed by atoms with Crippen LogP contribution in [0.2, 0.25) is 0 Å². The van der Waals surface area contributed by atoms with Gasteiger partial charge < -0.3 is 9.72 Å². The van der Waals surface area contributed by atoms with Gasteiger partial charge in [-0.3, -0.25) is 5.41 Å². The fourth-order valence-corrected chi connectivity index (χ4v) is 3.09. The minimum atomic E-state index is -0.463. The van der Waals surface area contributed by atoms with Crippen LogP contribution in [0.1, 0.15) is 0 Å². The lowest BCUT2D eigenvalue weighted by Crippen LogP contribution is -1.96. The van der Waals surface area contributed by atoms with E-state index in [-0.39, 0.29) is 5.75 Å². The largest absolute Gasteiger partial charge is 0.452 e. The van der Waals surface area contributed by atoms with E-state index in [2.05, 4.69) is 26.6 Å². The Morgan fingerprint density at radius 3 is 3.09 bits per heavy atom. The number of hydrogen-bond donors (Lipinski definition) is 2. The molecule has 3 nitrogen and oxygen atoms in total. The third-order valence-corrected chi connectivity index (χ3v) is 4.68. The van der Waals surface area contributed by atoms with Crippen LogP contribution in [0.15, 0.2) is 64.2 Å². The lowest BCUT2D eigenvalue weighted by molar-refractivity contribution is 0.410. The first-order valence-electron chi connectivity index (χ1n) is 6.71. The van der Waals surface area contributed by atoms with Gasteiger partial charge >= 0.3 is 0 Å². The number of H-pyrrole nitrogens is 1. The van der Waals surface area contributed by atoms with Gasteiger partial charge in [0.25, 0.3) is 0 Å². The summed E-state index contributed by atoms with van der Waals surface area (Å²) < 4.78 is 20.5. The van der Waals surface area contributed by atoms with Gasteiger partial charge in [0.15, 0.2) is 11.6 Å². The normalized spacial score (nSPS) is 13.7. The monoisotopic (exact) mass is 390 g/mol. The van der Waals surface area contributed by atoms with Gasteiger partial charge in [-0.2, -0.15) is 0 Å². The van der Waals surface area contributed by atoms with Gasteiger partial charge in [0.05, 0.1) is 4.47 Å². The van der Waals surface area contributed by atoms with Gasteiger partial charge in [0.2, 0.25) is 0 Å². The molecule has 1 aliphatic carbocycles. The molecule has 0 unspecified atom stereocenters. The van der Waals surface area contributed by atoms with E-state index in [4.69, 9.17) is 10.1 Å². The number of thioether (sulfide) groups is 1. The Kier molecular flexibility index (Phi) is 4.57. The molecule has 0 atom stereocenters. The maximum atomic E-state index is 14.3. The molecule has 1 aliphatic rings. The molecule has 0 aliphatic heterocycles. The number of aromatic nitrogens is 1. The average Bonchev–Trinajstić information content (AvgIpc) is 2.88. The quantitative estimate of drug-likeness (QED) is 0.423. The van der Waals surface area contributed by atoms with Crippen LogP contribution in [0.4, 0.5) is 4.39 Å². The highest BCUT2D eigenvalue weighted by atomic mass is 79.9. The summed E-state index contributed by atoms with van der Waals surface area (Å²) in [6.07, 6.45) is 10.4. The highest BCUT2D eigenvalue weighted by molar-refractivity contribution is 9.10. The Balaban J connectivity index is 1.97. The molecule has 1 aromatic heterocycles. The summed E-state index contributed by atoms with van der Waals surface area (Å²) in [6.45, 7) is 0. The molecule has 116 valence electrons. The number of halogens is 2. The van der Waals surface area contributed by atoms with Crippen LogP contribution in [0.5, 0.6) is 5.75 Å². The number of fused-ring (bicyclic) bond motifs is 1. The molecule has 2 N–H and O–H groups in total.